The smallest absolute Gasteiger partial charge is 0.293 e. The molecule has 3 N–H and O–H groups in total. The number of nitriles is 1. The van der Waals surface area contributed by atoms with Gasteiger partial charge in [0, 0.05) is 19.2 Å². The monoisotopic (exact) mass is 285 g/mol. The van der Waals surface area contributed by atoms with Crippen molar-refractivity contribution in [1.82, 2.24) is 15.2 Å². The Morgan fingerprint density at radius 1 is 1.52 bits per heavy atom. The molecule has 0 aliphatic carbocycles. The Kier molecular flexibility index (Phi) is 2.91. The minimum absolute atomic E-state index is 0.0943. The lowest BCUT2D eigenvalue weighted by Crippen LogP contribution is -2.46. The first-order valence-corrected chi connectivity index (χ1v) is 6.19. The van der Waals surface area contributed by atoms with Crippen molar-refractivity contribution in [2.45, 2.75) is 5.92 Å². The van der Waals surface area contributed by atoms with E-state index in [1.54, 1.807) is 6.07 Å². The maximum Gasteiger partial charge on any atom is 0.293 e. The fourth-order valence-corrected chi connectivity index (χ4v) is 2.40. The molecule has 3 rings (SSSR count). The fourth-order valence-electron chi connectivity index (χ4n) is 2.40. The molecule has 1 saturated heterocycles. The molecule has 9 heteroatoms. The summed E-state index contributed by atoms with van der Waals surface area (Å²) < 4.78 is 0. The molecule has 0 unspecified atom stereocenters. The van der Waals surface area contributed by atoms with Crippen molar-refractivity contribution in [3.63, 3.8) is 0 Å². The van der Waals surface area contributed by atoms with Crippen LogP contribution in [0.1, 0.15) is 17.3 Å². The number of benzene rings is 1. The number of anilines is 2. The summed E-state index contributed by atoms with van der Waals surface area (Å²) in [5.41, 5.74) is 6.13. The molecule has 21 heavy (non-hydrogen) atoms. The van der Waals surface area contributed by atoms with E-state index < -0.39 is 4.92 Å². The van der Waals surface area contributed by atoms with Crippen molar-refractivity contribution < 1.29 is 4.92 Å². The van der Waals surface area contributed by atoms with Crippen molar-refractivity contribution in [3.05, 3.63) is 40.0 Å². The number of aromatic nitrogens is 3. The van der Waals surface area contributed by atoms with Crippen molar-refractivity contribution >= 4 is 17.1 Å². The van der Waals surface area contributed by atoms with Gasteiger partial charge >= 0.3 is 0 Å². The number of rotatable bonds is 3. The fraction of sp³-hybridized carbons (Fsp3) is 0.250. The van der Waals surface area contributed by atoms with Gasteiger partial charge in [0.25, 0.3) is 5.69 Å². The molecule has 2 aromatic rings. The molecule has 0 atom stereocenters. The normalized spacial score (nSPS) is 14.5. The minimum Gasteiger partial charge on any atom is -0.392 e. The van der Waals surface area contributed by atoms with Crippen molar-refractivity contribution in [2.24, 2.45) is 0 Å². The Morgan fingerprint density at radius 2 is 2.29 bits per heavy atom. The predicted molar refractivity (Wildman–Crippen MR) is 73.6 cm³/mol. The number of aromatic amines is 1. The zero-order chi connectivity index (χ0) is 15.0. The molecule has 9 nitrogen and oxygen atoms in total. The number of hydrogen-bond donors (Lipinski definition) is 2. The minimum atomic E-state index is -0.590. The summed E-state index contributed by atoms with van der Waals surface area (Å²) in [6, 6.07) is 4.84. The van der Waals surface area contributed by atoms with Crippen LogP contribution in [-0.2, 0) is 0 Å². The van der Waals surface area contributed by atoms with Gasteiger partial charge in [-0.1, -0.05) is 0 Å². The van der Waals surface area contributed by atoms with Crippen LogP contribution in [0.5, 0.6) is 0 Å². The van der Waals surface area contributed by atoms with Gasteiger partial charge in [-0.25, -0.2) is 4.98 Å². The second kappa shape index (κ2) is 4.75. The Labute approximate surface area is 119 Å². The summed E-state index contributed by atoms with van der Waals surface area (Å²) in [6.07, 6.45) is 1.45. The van der Waals surface area contributed by atoms with Crippen molar-refractivity contribution in [2.75, 3.05) is 23.7 Å². The predicted octanol–water partition coefficient (Wildman–Crippen LogP) is 0.771. The van der Waals surface area contributed by atoms with E-state index >= 15 is 0 Å². The SMILES string of the molecule is N#Cc1c(N2CC(c3ncn[nH]3)C2)ccc([N+](=O)[O-])c1N. The van der Waals surface area contributed by atoms with Crippen LogP contribution in [-0.4, -0.2) is 33.2 Å². The molecule has 0 amide bonds. The van der Waals surface area contributed by atoms with Gasteiger partial charge in [-0.15, -0.1) is 0 Å². The van der Waals surface area contributed by atoms with Gasteiger partial charge in [-0.05, 0) is 6.07 Å². The lowest BCUT2D eigenvalue weighted by Gasteiger charge is -2.40. The lowest BCUT2D eigenvalue weighted by molar-refractivity contribution is -0.383. The van der Waals surface area contributed by atoms with Crippen LogP contribution >= 0.6 is 0 Å². The Bertz CT molecular complexity index is 729. The standard InChI is InChI=1S/C12H11N7O2/c13-3-8-9(1-2-10(11(8)14)19(20)21)18-4-7(5-18)12-15-6-16-17-12/h1-2,6-7H,4-5,14H2,(H,15,16,17). The highest BCUT2D eigenvalue weighted by atomic mass is 16.6. The molecule has 2 heterocycles. The summed E-state index contributed by atoms with van der Waals surface area (Å²) in [6.45, 7) is 1.31. The van der Waals surface area contributed by atoms with E-state index in [9.17, 15) is 15.4 Å². The lowest BCUT2D eigenvalue weighted by atomic mass is 9.96. The first-order chi connectivity index (χ1) is 10.1. The zero-order valence-corrected chi connectivity index (χ0v) is 10.9. The molecule has 106 valence electrons. The molecule has 0 saturated carbocycles. The molecule has 1 aromatic heterocycles. The third-order valence-electron chi connectivity index (χ3n) is 3.55. The van der Waals surface area contributed by atoms with Crippen LogP contribution in [0, 0.1) is 21.4 Å². The first-order valence-electron chi connectivity index (χ1n) is 6.19. The Balaban J connectivity index is 1.86. The van der Waals surface area contributed by atoms with Crippen molar-refractivity contribution in [3.8, 4) is 6.07 Å². The highest BCUT2D eigenvalue weighted by Crippen LogP contribution is 2.37. The number of nitro benzene ring substituents is 1. The second-order valence-corrected chi connectivity index (χ2v) is 4.73. The van der Waals surface area contributed by atoms with E-state index in [1.807, 2.05) is 11.0 Å². The molecular weight excluding hydrogens is 274 g/mol. The third-order valence-corrected chi connectivity index (χ3v) is 3.55. The van der Waals surface area contributed by atoms with E-state index in [0.29, 0.717) is 18.8 Å². The molecule has 0 spiro atoms. The van der Waals surface area contributed by atoms with Gasteiger partial charge in [-0.3, -0.25) is 15.2 Å². The molecule has 1 aliphatic rings. The van der Waals surface area contributed by atoms with Gasteiger partial charge in [0.2, 0.25) is 0 Å². The van der Waals surface area contributed by atoms with Crippen LogP contribution in [0.3, 0.4) is 0 Å². The van der Waals surface area contributed by atoms with Crippen LogP contribution in [0.2, 0.25) is 0 Å². The summed E-state index contributed by atoms with van der Waals surface area (Å²) in [7, 11) is 0. The topological polar surface area (TPSA) is 138 Å². The Morgan fingerprint density at radius 3 is 2.86 bits per heavy atom. The summed E-state index contributed by atoms with van der Waals surface area (Å²) in [5, 5.41) is 26.7. The van der Waals surface area contributed by atoms with E-state index in [-0.39, 0.29) is 22.9 Å². The molecule has 1 aliphatic heterocycles. The number of H-pyrrole nitrogens is 1. The number of nitro groups is 1. The van der Waals surface area contributed by atoms with Crippen LogP contribution in [0.4, 0.5) is 17.1 Å². The first kappa shape index (κ1) is 12.9. The van der Waals surface area contributed by atoms with E-state index in [2.05, 4.69) is 15.2 Å². The van der Waals surface area contributed by atoms with Gasteiger partial charge in [0.05, 0.1) is 16.5 Å². The van der Waals surface area contributed by atoms with Crippen LogP contribution in [0.25, 0.3) is 0 Å². The van der Waals surface area contributed by atoms with Crippen LogP contribution < -0.4 is 10.6 Å². The number of nitrogen functional groups attached to an aromatic ring is 1. The molecular formula is C12H11N7O2. The third kappa shape index (κ3) is 2.02. The quantitative estimate of drug-likeness (QED) is 0.482. The number of nitrogens with one attached hydrogen (secondary N) is 1. The molecule has 1 aromatic carbocycles. The molecule has 1 fully saturated rings. The summed E-state index contributed by atoms with van der Waals surface area (Å²) in [4.78, 5) is 16.3. The van der Waals surface area contributed by atoms with Gasteiger partial charge in [-0.2, -0.15) is 10.4 Å². The molecule has 0 bridgehead atoms. The number of nitrogens with zero attached hydrogens (tertiary/aromatic N) is 5. The van der Waals surface area contributed by atoms with Crippen LogP contribution in [0.15, 0.2) is 18.5 Å². The van der Waals surface area contributed by atoms with Crippen molar-refractivity contribution in [1.29, 1.82) is 5.26 Å². The van der Waals surface area contributed by atoms with E-state index in [0.717, 1.165) is 5.82 Å². The number of hydrogen-bond acceptors (Lipinski definition) is 7. The zero-order valence-electron chi connectivity index (χ0n) is 10.9. The maximum atomic E-state index is 10.8. The number of nitrogens with two attached hydrogens (primary N) is 1. The van der Waals surface area contributed by atoms with Gasteiger partial charge in [0.1, 0.15) is 29.5 Å². The maximum absolute atomic E-state index is 10.8. The Hall–Kier alpha value is -3.15. The highest BCUT2D eigenvalue weighted by Gasteiger charge is 2.33. The highest BCUT2D eigenvalue weighted by molar-refractivity contribution is 5.78. The second-order valence-electron chi connectivity index (χ2n) is 4.73. The molecule has 0 radical (unpaired) electrons. The summed E-state index contributed by atoms with van der Waals surface area (Å²) >= 11 is 0. The summed E-state index contributed by atoms with van der Waals surface area (Å²) in [5.74, 6) is 0.995. The van der Waals surface area contributed by atoms with E-state index in [4.69, 9.17) is 5.73 Å². The van der Waals surface area contributed by atoms with E-state index in [1.165, 1.54) is 12.4 Å². The van der Waals surface area contributed by atoms with Gasteiger partial charge in [0.15, 0.2) is 0 Å². The average molecular weight is 285 g/mol. The largest absolute Gasteiger partial charge is 0.392 e. The van der Waals surface area contributed by atoms with Gasteiger partial charge < -0.3 is 10.6 Å². The average Bonchev–Trinajstić information content (AvgIpc) is 2.90.